The summed E-state index contributed by atoms with van der Waals surface area (Å²) in [7, 11) is 2.05. The predicted octanol–water partition coefficient (Wildman–Crippen LogP) is 4.26. The van der Waals surface area contributed by atoms with Crippen LogP contribution >= 0.6 is 23.2 Å². The quantitative estimate of drug-likeness (QED) is 0.688. The van der Waals surface area contributed by atoms with Crippen molar-refractivity contribution in [1.82, 2.24) is 10.2 Å². The van der Waals surface area contributed by atoms with Crippen LogP contribution in [0.5, 0.6) is 0 Å². The minimum absolute atomic E-state index is 0.0734. The van der Waals surface area contributed by atoms with Gasteiger partial charge in [-0.1, -0.05) is 35.3 Å². The molecular weight excluding hydrogens is 413 g/mol. The van der Waals surface area contributed by atoms with Gasteiger partial charge >= 0.3 is 12.0 Å². The number of hydrogen-bond donors (Lipinski definition) is 2. The van der Waals surface area contributed by atoms with Gasteiger partial charge in [-0.2, -0.15) is 0 Å². The number of esters is 1. The second-order valence-corrected chi connectivity index (χ2v) is 7.79. The molecule has 1 aliphatic rings. The van der Waals surface area contributed by atoms with Crippen molar-refractivity contribution in [3.63, 3.8) is 0 Å². The van der Waals surface area contributed by atoms with Gasteiger partial charge in [-0.25, -0.2) is 4.79 Å². The van der Waals surface area contributed by atoms with Gasteiger partial charge in [0.25, 0.3) is 0 Å². The monoisotopic (exact) mass is 435 g/mol. The number of urea groups is 1. The summed E-state index contributed by atoms with van der Waals surface area (Å²) in [5, 5.41) is 6.51. The Labute approximate surface area is 180 Å². The molecule has 154 valence electrons. The van der Waals surface area contributed by atoms with Gasteiger partial charge in [0.15, 0.2) is 0 Å². The summed E-state index contributed by atoms with van der Waals surface area (Å²) in [5.41, 5.74) is 3.84. The van der Waals surface area contributed by atoms with Crippen molar-refractivity contribution in [2.75, 3.05) is 32.1 Å². The Balaban J connectivity index is 1.78. The molecule has 2 N–H and O–H groups in total. The maximum atomic E-state index is 12.1. The van der Waals surface area contributed by atoms with Crippen LogP contribution in [0.1, 0.15) is 29.5 Å². The number of hydrogen-bond acceptors (Lipinski definition) is 4. The third kappa shape index (κ3) is 5.41. The van der Waals surface area contributed by atoms with Crippen LogP contribution in [-0.4, -0.2) is 43.6 Å². The van der Waals surface area contributed by atoms with E-state index in [0.29, 0.717) is 15.7 Å². The van der Waals surface area contributed by atoms with Crippen LogP contribution in [0.25, 0.3) is 0 Å². The number of nitrogens with one attached hydrogen (secondary N) is 2. The number of halogens is 2. The summed E-state index contributed by atoms with van der Waals surface area (Å²) in [6, 6.07) is 10.9. The normalized spacial score (nSPS) is 16.1. The first kappa shape index (κ1) is 21.4. The molecule has 2 amide bonds. The van der Waals surface area contributed by atoms with E-state index >= 15 is 0 Å². The Bertz CT molecular complexity index is 920. The summed E-state index contributed by atoms with van der Waals surface area (Å²) in [6.07, 6.45) is 0. The third-order valence-electron chi connectivity index (χ3n) is 4.74. The van der Waals surface area contributed by atoms with E-state index in [4.69, 9.17) is 27.9 Å². The highest BCUT2D eigenvalue weighted by molar-refractivity contribution is 6.35. The average molecular weight is 436 g/mol. The van der Waals surface area contributed by atoms with E-state index in [1.807, 2.05) is 31.3 Å². The topological polar surface area (TPSA) is 70.7 Å². The molecule has 0 bridgehead atoms. The molecule has 6 nitrogen and oxygen atoms in total. The zero-order chi connectivity index (χ0) is 21.0. The number of amides is 2. The lowest BCUT2D eigenvalue weighted by Gasteiger charge is -2.33. The van der Waals surface area contributed by atoms with Gasteiger partial charge in [0.1, 0.15) is 6.54 Å². The molecule has 0 saturated carbocycles. The van der Waals surface area contributed by atoms with E-state index in [2.05, 4.69) is 15.5 Å². The number of benzene rings is 2. The zero-order valence-corrected chi connectivity index (χ0v) is 17.8. The number of ether oxygens (including phenoxy) is 1. The van der Waals surface area contributed by atoms with Crippen LogP contribution in [0.4, 0.5) is 10.5 Å². The molecule has 3 rings (SSSR count). The van der Waals surface area contributed by atoms with Crippen LogP contribution in [0.3, 0.4) is 0 Å². The van der Waals surface area contributed by atoms with Crippen molar-refractivity contribution >= 4 is 40.9 Å². The number of likely N-dealkylation sites (N-methyl/N-ethyl adjacent to an activating group) is 1. The SMILES string of the molecule is CCOC(=O)CNC(=O)Nc1cccc([C@@H]2CN(C)Cc3c(Cl)cc(Cl)cc32)c1. The van der Waals surface area contributed by atoms with Crippen LogP contribution in [0, 0.1) is 0 Å². The first-order valence-corrected chi connectivity index (χ1v) is 10.1. The van der Waals surface area contributed by atoms with E-state index in [1.54, 1.807) is 19.1 Å². The fourth-order valence-corrected chi connectivity index (χ4v) is 4.07. The van der Waals surface area contributed by atoms with Crippen LogP contribution < -0.4 is 10.6 Å². The van der Waals surface area contributed by atoms with Gasteiger partial charge < -0.3 is 20.3 Å². The second-order valence-electron chi connectivity index (χ2n) is 6.94. The molecule has 2 aromatic carbocycles. The fraction of sp³-hybridized carbons (Fsp3) is 0.333. The highest BCUT2D eigenvalue weighted by atomic mass is 35.5. The molecule has 1 aliphatic heterocycles. The van der Waals surface area contributed by atoms with Gasteiger partial charge in [0.05, 0.1) is 6.61 Å². The Morgan fingerprint density at radius 2 is 2.03 bits per heavy atom. The molecule has 1 heterocycles. The number of anilines is 1. The lowest BCUT2D eigenvalue weighted by molar-refractivity contribution is -0.141. The molecule has 2 aromatic rings. The van der Waals surface area contributed by atoms with E-state index in [0.717, 1.165) is 29.8 Å². The van der Waals surface area contributed by atoms with Gasteiger partial charge in [-0.3, -0.25) is 4.79 Å². The number of carbonyl (C=O) groups excluding carboxylic acids is 2. The Morgan fingerprint density at radius 3 is 2.79 bits per heavy atom. The maximum Gasteiger partial charge on any atom is 0.325 e. The average Bonchev–Trinajstić information content (AvgIpc) is 2.67. The van der Waals surface area contributed by atoms with Crippen molar-refractivity contribution < 1.29 is 14.3 Å². The molecular formula is C21H23Cl2N3O3. The van der Waals surface area contributed by atoms with E-state index in [1.165, 1.54) is 0 Å². The number of fused-ring (bicyclic) bond motifs is 1. The molecule has 0 aromatic heterocycles. The van der Waals surface area contributed by atoms with Crippen molar-refractivity contribution in [1.29, 1.82) is 0 Å². The lowest BCUT2D eigenvalue weighted by atomic mass is 9.84. The lowest BCUT2D eigenvalue weighted by Crippen LogP contribution is -2.34. The Kier molecular flexibility index (Phi) is 7.00. The molecule has 29 heavy (non-hydrogen) atoms. The number of rotatable bonds is 5. The number of nitrogens with zero attached hydrogens (tertiary/aromatic N) is 1. The maximum absolute atomic E-state index is 12.1. The Hall–Kier alpha value is -2.28. The molecule has 8 heteroatoms. The van der Waals surface area contributed by atoms with Crippen LogP contribution in [0.2, 0.25) is 10.0 Å². The summed E-state index contributed by atoms with van der Waals surface area (Å²) in [6.45, 7) is 3.37. The molecule has 0 unspecified atom stereocenters. The number of carbonyl (C=O) groups is 2. The zero-order valence-electron chi connectivity index (χ0n) is 16.3. The summed E-state index contributed by atoms with van der Waals surface area (Å²) < 4.78 is 4.80. The molecule has 0 saturated heterocycles. The molecule has 0 aliphatic carbocycles. The third-order valence-corrected chi connectivity index (χ3v) is 5.29. The van der Waals surface area contributed by atoms with Gasteiger partial charge in [-0.05, 0) is 54.9 Å². The van der Waals surface area contributed by atoms with Crippen molar-refractivity contribution in [3.05, 3.63) is 63.1 Å². The second kappa shape index (κ2) is 9.48. The smallest absolute Gasteiger partial charge is 0.325 e. The van der Waals surface area contributed by atoms with Crippen molar-refractivity contribution in [2.45, 2.75) is 19.4 Å². The molecule has 1 atom stereocenters. The minimum Gasteiger partial charge on any atom is -0.465 e. The first-order valence-electron chi connectivity index (χ1n) is 9.34. The molecule has 0 fully saturated rings. The van der Waals surface area contributed by atoms with E-state index in [-0.39, 0.29) is 19.1 Å². The van der Waals surface area contributed by atoms with Gasteiger partial charge in [0.2, 0.25) is 0 Å². The van der Waals surface area contributed by atoms with E-state index in [9.17, 15) is 9.59 Å². The van der Waals surface area contributed by atoms with Gasteiger partial charge in [-0.15, -0.1) is 0 Å². The Morgan fingerprint density at radius 1 is 1.24 bits per heavy atom. The van der Waals surface area contributed by atoms with Crippen molar-refractivity contribution in [2.24, 2.45) is 0 Å². The predicted molar refractivity (Wildman–Crippen MR) is 115 cm³/mol. The fourth-order valence-electron chi connectivity index (χ4n) is 3.50. The summed E-state index contributed by atoms with van der Waals surface area (Å²) >= 11 is 12.7. The highest BCUT2D eigenvalue weighted by Gasteiger charge is 2.27. The summed E-state index contributed by atoms with van der Waals surface area (Å²) in [4.78, 5) is 25.7. The van der Waals surface area contributed by atoms with Gasteiger partial charge in [0, 0.05) is 34.7 Å². The molecule has 0 spiro atoms. The minimum atomic E-state index is -0.480. The standard InChI is InChI=1S/C21H23Cl2N3O3/c1-3-29-20(27)10-24-21(28)25-15-6-4-5-13(7-15)17-11-26(2)12-18-16(17)8-14(22)9-19(18)23/h4-9,17H,3,10-12H2,1-2H3,(H2,24,25,28)/t17-/m0/s1. The largest absolute Gasteiger partial charge is 0.465 e. The first-order chi connectivity index (χ1) is 13.9. The molecule has 0 radical (unpaired) electrons. The van der Waals surface area contributed by atoms with E-state index < -0.39 is 12.0 Å². The summed E-state index contributed by atoms with van der Waals surface area (Å²) in [5.74, 6) is -0.406. The van der Waals surface area contributed by atoms with Crippen molar-refractivity contribution in [3.8, 4) is 0 Å². The van der Waals surface area contributed by atoms with Crippen LogP contribution in [0.15, 0.2) is 36.4 Å². The highest BCUT2D eigenvalue weighted by Crippen LogP contribution is 2.38. The van der Waals surface area contributed by atoms with Crippen LogP contribution in [-0.2, 0) is 16.1 Å².